The molecule has 0 aliphatic rings. The van der Waals surface area contributed by atoms with Crippen LogP contribution in [0.2, 0.25) is 0 Å². The quantitative estimate of drug-likeness (QED) is 0.0211. The lowest BCUT2D eigenvalue weighted by Gasteiger charge is -2.24. The van der Waals surface area contributed by atoms with E-state index in [0.29, 0.717) is 23.9 Å². The van der Waals surface area contributed by atoms with E-state index < -0.39 is 26.5 Å². The largest absolute Gasteiger partial charge is 0.472 e. The molecule has 10 heteroatoms. The van der Waals surface area contributed by atoms with Gasteiger partial charge in [0.2, 0.25) is 0 Å². The molecule has 0 radical (unpaired) electrons. The number of hydrogen-bond acceptors (Lipinski definition) is 7. The van der Waals surface area contributed by atoms with Crippen LogP contribution >= 0.6 is 7.82 Å². The zero-order valence-electron chi connectivity index (χ0n) is 56.1. The number of nitrogens with zero attached hydrogens (tertiary/aromatic N) is 1. The van der Waals surface area contributed by atoms with E-state index in [4.69, 9.17) is 18.5 Å². The molecule has 0 saturated heterocycles. The average Bonchev–Trinajstić information content (AvgIpc) is 3.51. The Morgan fingerprint density at radius 1 is 0.376 bits per heavy atom. The number of quaternary nitrogens is 1. The fourth-order valence-electron chi connectivity index (χ4n) is 9.98. The number of allylic oxidation sites excluding steroid dienone is 16. The highest BCUT2D eigenvalue weighted by Crippen LogP contribution is 2.43. The van der Waals surface area contributed by atoms with Crippen molar-refractivity contribution < 1.29 is 42.1 Å². The standard InChI is InChI=1S/C75H134NO8P/c1-6-8-10-12-14-16-18-20-22-24-26-28-29-30-31-32-33-34-35-36-37-38-39-40-41-42-43-44-45-46-47-48-50-52-54-56-58-60-62-64-66-68-75(78)84-73(72-83-85(79,80)82-70-69-76(3,4)5)71-81-74(77)67-65-63-61-59-57-55-53-51-49-27-25-23-21-19-17-15-13-11-9-7-2/h8,10,14,16,20,22,26,28,30-31,33-34,36-37,39-40,73H,6-7,9,11-13,15,17-19,21,23-25,27,29,32,35,38,41-72H2,1-5H3/p+1/b10-8-,16-14-,22-20-,28-26-,31-30-,34-33-,37-36-,40-39-. The minimum absolute atomic E-state index is 0.0316. The van der Waals surface area contributed by atoms with E-state index in [-0.39, 0.29) is 25.6 Å². The van der Waals surface area contributed by atoms with Gasteiger partial charge < -0.3 is 18.9 Å². The third kappa shape index (κ3) is 69.9. The minimum Gasteiger partial charge on any atom is -0.462 e. The van der Waals surface area contributed by atoms with Gasteiger partial charge in [0.15, 0.2) is 6.10 Å². The monoisotopic (exact) mass is 1210 g/mol. The molecule has 9 nitrogen and oxygen atoms in total. The van der Waals surface area contributed by atoms with Crippen molar-refractivity contribution in [2.24, 2.45) is 0 Å². The predicted molar refractivity (Wildman–Crippen MR) is 367 cm³/mol. The van der Waals surface area contributed by atoms with Crippen molar-refractivity contribution in [3.05, 3.63) is 97.2 Å². The molecule has 0 aromatic heterocycles. The highest BCUT2D eigenvalue weighted by Gasteiger charge is 2.27. The Morgan fingerprint density at radius 2 is 0.671 bits per heavy atom. The van der Waals surface area contributed by atoms with Gasteiger partial charge in [0.05, 0.1) is 27.7 Å². The van der Waals surface area contributed by atoms with Crippen LogP contribution in [0.4, 0.5) is 0 Å². The molecule has 0 saturated carbocycles. The van der Waals surface area contributed by atoms with E-state index in [1.165, 1.54) is 199 Å². The van der Waals surface area contributed by atoms with Gasteiger partial charge in [-0.2, -0.15) is 0 Å². The Balaban J connectivity index is 3.99. The van der Waals surface area contributed by atoms with E-state index in [1.807, 2.05) is 21.1 Å². The number of carbonyl (C=O) groups excluding carboxylic acids is 2. The first-order valence-electron chi connectivity index (χ1n) is 35.5. The van der Waals surface area contributed by atoms with Gasteiger partial charge >= 0.3 is 19.8 Å². The molecule has 0 aromatic rings. The summed E-state index contributed by atoms with van der Waals surface area (Å²) in [7, 11) is 1.49. The van der Waals surface area contributed by atoms with Crippen LogP contribution in [-0.4, -0.2) is 74.9 Å². The van der Waals surface area contributed by atoms with Crippen LogP contribution in [0.15, 0.2) is 97.2 Å². The van der Waals surface area contributed by atoms with E-state index >= 15 is 0 Å². The number of ether oxygens (including phenoxy) is 2. The number of hydrogen-bond donors (Lipinski definition) is 1. The van der Waals surface area contributed by atoms with Gasteiger partial charge in [-0.1, -0.05) is 323 Å². The van der Waals surface area contributed by atoms with Gasteiger partial charge in [0.25, 0.3) is 0 Å². The molecule has 0 aliphatic carbocycles. The number of phosphoric acid groups is 1. The summed E-state index contributed by atoms with van der Waals surface area (Å²) in [5.41, 5.74) is 0. The molecular formula is C75H135NO8P+. The van der Waals surface area contributed by atoms with Gasteiger partial charge in [0.1, 0.15) is 19.8 Å². The van der Waals surface area contributed by atoms with E-state index in [1.54, 1.807) is 0 Å². The van der Waals surface area contributed by atoms with Gasteiger partial charge in [0, 0.05) is 12.8 Å². The zero-order chi connectivity index (χ0) is 61.9. The molecule has 1 N–H and O–H groups in total. The second-order valence-corrected chi connectivity index (χ2v) is 26.4. The SMILES string of the molecule is CC/C=C\C/C=C\C/C=C\C/C=C\C/C=C\C/C=C\C/C=C\C/C=C\CCCCCCCCCCCCCCCCCCC(=O)OC(COC(=O)CCCCCCCCCCCCCCCCCCCCCC)COP(=O)(O)OCC[N+](C)(C)C. The number of carbonyl (C=O) groups is 2. The van der Waals surface area contributed by atoms with Crippen molar-refractivity contribution in [2.45, 2.75) is 322 Å². The first-order valence-corrected chi connectivity index (χ1v) is 37.0. The molecule has 85 heavy (non-hydrogen) atoms. The molecule has 0 aromatic carbocycles. The second kappa shape index (κ2) is 65.4. The maximum atomic E-state index is 12.9. The summed E-state index contributed by atoms with van der Waals surface area (Å²) >= 11 is 0. The number of phosphoric ester groups is 1. The second-order valence-electron chi connectivity index (χ2n) is 24.9. The summed E-state index contributed by atoms with van der Waals surface area (Å²) in [5, 5.41) is 0. The molecule has 0 fully saturated rings. The molecule has 0 heterocycles. The molecule has 2 atom stereocenters. The summed E-state index contributed by atoms with van der Waals surface area (Å²) < 4.78 is 34.7. The maximum Gasteiger partial charge on any atom is 0.472 e. The molecule has 2 unspecified atom stereocenters. The van der Waals surface area contributed by atoms with Gasteiger partial charge in [-0.3, -0.25) is 18.6 Å². The van der Waals surface area contributed by atoms with Gasteiger partial charge in [-0.05, 0) is 77.0 Å². The van der Waals surface area contributed by atoms with Gasteiger partial charge in [-0.15, -0.1) is 0 Å². The van der Waals surface area contributed by atoms with Crippen LogP contribution < -0.4 is 0 Å². The Kier molecular flexibility index (Phi) is 63.0. The molecule has 0 bridgehead atoms. The number of rotatable bonds is 65. The van der Waals surface area contributed by atoms with Crippen molar-refractivity contribution in [3.8, 4) is 0 Å². The highest BCUT2D eigenvalue weighted by atomic mass is 31.2. The van der Waals surface area contributed by atoms with Crippen LogP contribution in [0.25, 0.3) is 0 Å². The summed E-state index contributed by atoms with van der Waals surface area (Å²) in [4.78, 5) is 35.8. The van der Waals surface area contributed by atoms with Crippen LogP contribution in [0.1, 0.15) is 316 Å². The number of esters is 2. The average molecular weight is 1210 g/mol. The fourth-order valence-corrected chi connectivity index (χ4v) is 10.7. The third-order valence-electron chi connectivity index (χ3n) is 15.4. The maximum absolute atomic E-state index is 12.9. The Bertz CT molecular complexity index is 1760. The first-order chi connectivity index (χ1) is 41.5. The Morgan fingerprint density at radius 3 is 1.00 bits per heavy atom. The number of likely N-dealkylation sites (N-methyl/N-ethyl adjacent to an activating group) is 1. The van der Waals surface area contributed by atoms with Gasteiger partial charge in [-0.25, -0.2) is 4.57 Å². The smallest absolute Gasteiger partial charge is 0.462 e. The van der Waals surface area contributed by atoms with Crippen molar-refractivity contribution in [1.29, 1.82) is 0 Å². The number of unbranched alkanes of at least 4 members (excludes halogenated alkanes) is 35. The van der Waals surface area contributed by atoms with Crippen LogP contribution in [0, 0.1) is 0 Å². The molecular weight excluding hydrogens is 1070 g/mol. The first kappa shape index (κ1) is 81.9. The molecule has 492 valence electrons. The fraction of sp³-hybridized carbons (Fsp3) is 0.760. The molecule has 0 rings (SSSR count). The van der Waals surface area contributed by atoms with Crippen molar-refractivity contribution in [1.82, 2.24) is 0 Å². The topological polar surface area (TPSA) is 108 Å². The summed E-state index contributed by atoms with van der Waals surface area (Å²) in [6.45, 7) is 4.36. The van der Waals surface area contributed by atoms with Crippen molar-refractivity contribution >= 4 is 19.8 Å². The van der Waals surface area contributed by atoms with Crippen LogP contribution in [0.3, 0.4) is 0 Å². The predicted octanol–water partition coefficient (Wildman–Crippen LogP) is 23.1. The van der Waals surface area contributed by atoms with Crippen LogP contribution in [0.5, 0.6) is 0 Å². The minimum atomic E-state index is -4.39. The van der Waals surface area contributed by atoms with E-state index in [2.05, 4.69) is 111 Å². The molecule has 0 aliphatic heterocycles. The summed E-state index contributed by atoms with van der Waals surface area (Å²) in [6, 6.07) is 0. The molecule has 0 spiro atoms. The lowest BCUT2D eigenvalue weighted by atomic mass is 10.0. The Labute approximate surface area is 525 Å². The lowest BCUT2D eigenvalue weighted by molar-refractivity contribution is -0.870. The molecule has 0 amide bonds. The normalized spacial score (nSPS) is 13.7. The highest BCUT2D eigenvalue weighted by molar-refractivity contribution is 7.47. The van der Waals surface area contributed by atoms with Crippen LogP contribution in [-0.2, 0) is 32.7 Å². The van der Waals surface area contributed by atoms with Crippen molar-refractivity contribution in [3.63, 3.8) is 0 Å². The summed E-state index contributed by atoms with van der Waals surface area (Å²) in [6.07, 6.45) is 90.9. The van der Waals surface area contributed by atoms with E-state index in [0.717, 1.165) is 83.5 Å². The Hall–Kier alpha value is -3.07. The van der Waals surface area contributed by atoms with Crippen molar-refractivity contribution in [2.75, 3.05) is 47.5 Å². The van der Waals surface area contributed by atoms with E-state index in [9.17, 15) is 19.0 Å². The zero-order valence-corrected chi connectivity index (χ0v) is 57.0. The summed E-state index contributed by atoms with van der Waals surface area (Å²) in [5.74, 6) is -0.784. The lowest BCUT2D eigenvalue weighted by Crippen LogP contribution is -2.37. The third-order valence-corrected chi connectivity index (χ3v) is 16.4.